The number of morpholine rings is 1. The van der Waals surface area contributed by atoms with Crippen LogP contribution in [0.1, 0.15) is 18.5 Å². The Balaban J connectivity index is 2.23. The number of ether oxygens (including phenoxy) is 1. The molecule has 1 aliphatic rings. The molecule has 0 aliphatic carbocycles. The van der Waals surface area contributed by atoms with E-state index in [4.69, 9.17) is 27.9 Å². The Labute approximate surface area is 135 Å². The van der Waals surface area contributed by atoms with Crippen LogP contribution in [0.5, 0.6) is 0 Å². The molecule has 1 unspecified atom stereocenters. The maximum absolute atomic E-state index is 12.6. The van der Waals surface area contributed by atoms with Crippen molar-refractivity contribution in [1.29, 1.82) is 0 Å². The van der Waals surface area contributed by atoms with E-state index in [0.717, 1.165) is 5.56 Å². The second-order valence-corrected chi connectivity index (χ2v) is 7.71. The minimum absolute atomic E-state index is 0.369. The molecule has 0 aromatic heterocycles. The van der Waals surface area contributed by atoms with Gasteiger partial charge in [-0.1, -0.05) is 29.3 Å². The lowest BCUT2D eigenvalue weighted by molar-refractivity contribution is 0.0700. The van der Waals surface area contributed by atoms with Crippen molar-refractivity contribution < 1.29 is 13.2 Å². The van der Waals surface area contributed by atoms with Crippen molar-refractivity contribution in [3.63, 3.8) is 0 Å². The summed E-state index contributed by atoms with van der Waals surface area (Å²) in [6.45, 7) is 3.38. The standard InChI is InChI=1S/C13H18Cl2N2O3S/c1-10(12-4-3-11(14)9-13(12)15)16(2)21(18,19)17-5-7-20-8-6-17/h3-4,9-10H,5-8H2,1-2H3. The molecule has 1 atom stereocenters. The van der Waals surface area contributed by atoms with Crippen LogP contribution in [0.4, 0.5) is 0 Å². The van der Waals surface area contributed by atoms with E-state index < -0.39 is 10.2 Å². The number of hydrogen-bond donors (Lipinski definition) is 0. The van der Waals surface area contributed by atoms with Crippen molar-refractivity contribution in [3.8, 4) is 0 Å². The summed E-state index contributed by atoms with van der Waals surface area (Å²) in [6.07, 6.45) is 0. The zero-order chi connectivity index (χ0) is 15.6. The first-order valence-electron chi connectivity index (χ1n) is 6.60. The number of rotatable bonds is 4. The minimum Gasteiger partial charge on any atom is -0.379 e. The lowest BCUT2D eigenvalue weighted by Crippen LogP contribution is -2.47. The van der Waals surface area contributed by atoms with E-state index in [1.165, 1.54) is 8.61 Å². The van der Waals surface area contributed by atoms with Gasteiger partial charge < -0.3 is 4.74 Å². The summed E-state index contributed by atoms with van der Waals surface area (Å²) >= 11 is 12.0. The van der Waals surface area contributed by atoms with Gasteiger partial charge in [0.1, 0.15) is 0 Å². The second-order valence-electron chi connectivity index (χ2n) is 4.88. The van der Waals surface area contributed by atoms with Gasteiger partial charge in [-0.05, 0) is 24.6 Å². The fourth-order valence-electron chi connectivity index (χ4n) is 2.20. The lowest BCUT2D eigenvalue weighted by atomic mass is 10.1. The van der Waals surface area contributed by atoms with Crippen LogP contribution in [-0.4, -0.2) is 50.4 Å². The van der Waals surface area contributed by atoms with Gasteiger partial charge in [0.05, 0.1) is 13.2 Å². The predicted molar refractivity (Wildman–Crippen MR) is 84.0 cm³/mol. The molecule has 1 heterocycles. The van der Waals surface area contributed by atoms with Gasteiger partial charge in [-0.2, -0.15) is 17.0 Å². The fraction of sp³-hybridized carbons (Fsp3) is 0.538. The third kappa shape index (κ3) is 3.70. The molecule has 1 saturated heterocycles. The van der Waals surface area contributed by atoms with E-state index in [2.05, 4.69) is 0 Å². The first-order valence-corrected chi connectivity index (χ1v) is 8.75. The molecule has 2 rings (SSSR count). The van der Waals surface area contributed by atoms with Crippen molar-refractivity contribution in [1.82, 2.24) is 8.61 Å². The third-order valence-corrected chi connectivity index (χ3v) is 6.24. The molecular formula is C13H18Cl2N2O3S. The van der Waals surface area contributed by atoms with Crippen LogP contribution in [0, 0.1) is 0 Å². The highest BCUT2D eigenvalue weighted by Crippen LogP contribution is 2.31. The van der Waals surface area contributed by atoms with Crippen LogP contribution >= 0.6 is 23.2 Å². The van der Waals surface area contributed by atoms with Gasteiger partial charge in [-0.3, -0.25) is 0 Å². The van der Waals surface area contributed by atoms with E-state index in [1.807, 2.05) is 0 Å². The Bertz CT molecular complexity index is 603. The van der Waals surface area contributed by atoms with Crippen LogP contribution < -0.4 is 0 Å². The van der Waals surface area contributed by atoms with Crippen molar-refractivity contribution in [3.05, 3.63) is 33.8 Å². The molecule has 0 radical (unpaired) electrons. The number of halogens is 2. The Hall–Kier alpha value is -0.370. The van der Waals surface area contributed by atoms with Gasteiger partial charge >= 0.3 is 0 Å². The van der Waals surface area contributed by atoms with Crippen molar-refractivity contribution in [2.75, 3.05) is 33.4 Å². The van der Waals surface area contributed by atoms with Gasteiger partial charge in [0, 0.05) is 36.2 Å². The van der Waals surface area contributed by atoms with Crippen LogP contribution in [0.3, 0.4) is 0 Å². The smallest absolute Gasteiger partial charge is 0.282 e. The Kier molecular flexibility index (Phi) is 5.51. The van der Waals surface area contributed by atoms with Gasteiger partial charge in [0.15, 0.2) is 0 Å². The fourth-order valence-corrected chi connectivity index (χ4v) is 4.25. The molecule has 1 aromatic rings. The van der Waals surface area contributed by atoms with Gasteiger partial charge in [-0.25, -0.2) is 0 Å². The van der Waals surface area contributed by atoms with Crippen molar-refractivity contribution >= 4 is 33.4 Å². The minimum atomic E-state index is -3.54. The monoisotopic (exact) mass is 352 g/mol. The normalized spacial score (nSPS) is 18.9. The molecule has 5 nitrogen and oxygen atoms in total. The average molecular weight is 353 g/mol. The molecule has 0 amide bonds. The number of nitrogens with zero attached hydrogens (tertiary/aromatic N) is 2. The summed E-state index contributed by atoms with van der Waals surface area (Å²) in [5, 5.41) is 0.980. The summed E-state index contributed by atoms with van der Waals surface area (Å²) < 4.78 is 33.2. The maximum Gasteiger partial charge on any atom is 0.282 e. The molecule has 0 N–H and O–H groups in total. The molecule has 0 bridgehead atoms. The molecular weight excluding hydrogens is 335 g/mol. The first kappa shape index (κ1) is 17.0. The Morgan fingerprint density at radius 1 is 1.29 bits per heavy atom. The molecule has 21 heavy (non-hydrogen) atoms. The molecule has 8 heteroatoms. The number of hydrogen-bond acceptors (Lipinski definition) is 3. The molecule has 1 aliphatic heterocycles. The van der Waals surface area contributed by atoms with Gasteiger partial charge in [-0.15, -0.1) is 0 Å². The molecule has 0 spiro atoms. The molecule has 1 aromatic carbocycles. The van der Waals surface area contributed by atoms with Gasteiger partial charge in [0.25, 0.3) is 10.2 Å². The van der Waals surface area contributed by atoms with Crippen LogP contribution in [-0.2, 0) is 14.9 Å². The molecule has 1 fully saturated rings. The topological polar surface area (TPSA) is 49.9 Å². The van der Waals surface area contributed by atoms with Crippen LogP contribution in [0.2, 0.25) is 10.0 Å². The Morgan fingerprint density at radius 3 is 2.48 bits per heavy atom. The maximum atomic E-state index is 12.6. The lowest BCUT2D eigenvalue weighted by Gasteiger charge is -2.33. The molecule has 118 valence electrons. The van der Waals surface area contributed by atoms with Crippen molar-refractivity contribution in [2.24, 2.45) is 0 Å². The van der Waals surface area contributed by atoms with E-state index >= 15 is 0 Å². The van der Waals surface area contributed by atoms with E-state index in [1.54, 1.807) is 32.2 Å². The summed E-state index contributed by atoms with van der Waals surface area (Å²) in [6, 6.07) is 4.68. The highest BCUT2D eigenvalue weighted by Gasteiger charge is 2.32. The second kappa shape index (κ2) is 6.81. The zero-order valence-corrected chi connectivity index (χ0v) is 14.2. The van der Waals surface area contributed by atoms with E-state index in [0.29, 0.717) is 36.3 Å². The number of benzene rings is 1. The van der Waals surface area contributed by atoms with Crippen LogP contribution in [0.25, 0.3) is 0 Å². The van der Waals surface area contributed by atoms with E-state index in [-0.39, 0.29) is 6.04 Å². The van der Waals surface area contributed by atoms with Gasteiger partial charge in [0.2, 0.25) is 0 Å². The van der Waals surface area contributed by atoms with E-state index in [9.17, 15) is 8.42 Å². The summed E-state index contributed by atoms with van der Waals surface area (Å²) in [4.78, 5) is 0. The molecule has 0 saturated carbocycles. The van der Waals surface area contributed by atoms with Crippen molar-refractivity contribution in [2.45, 2.75) is 13.0 Å². The largest absolute Gasteiger partial charge is 0.379 e. The average Bonchev–Trinajstić information content (AvgIpc) is 2.46. The SMILES string of the molecule is CC(c1ccc(Cl)cc1Cl)N(C)S(=O)(=O)N1CCOCC1. The highest BCUT2D eigenvalue weighted by atomic mass is 35.5. The third-order valence-electron chi connectivity index (χ3n) is 3.62. The van der Waals surface area contributed by atoms with Crippen LogP contribution in [0.15, 0.2) is 18.2 Å². The first-order chi connectivity index (χ1) is 9.84. The predicted octanol–water partition coefficient (Wildman–Crippen LogP) is 2.56. The summed E-state index contributed by atoms with van der Waals surface area (Å²) in [7, 11) is -1.99. The quantitative estimate of drug-likeness (QED) is 0.836. The summed E-state index contributed by atoms with van der Waals surface area (Å²) in [5.74, 6) is 0. The zero-order valence-electron chi connectivity index (χ0n) is 11.9. The summed E-state index contributed by atoms with van der Waals surface area (Å²) in [5.41, 5.74) is 0.723. The highest BCUT2D eigenvalue weighted by molar-refractivity contribution is 7.86. The Morgan fingerprint density at radius 2 is 1.90 bits per heavy atom.